The van der Waals surface area contributed by atoms with Gasteiger partial charge in [-0.3, -0.25) is 0 Å². The number of carboxylic acid groups (broad SMARTS) is 1. The highest BCUT2D eigenvalue weighted by Gasteiger charge is 1.97. The van der Waals surface area contributed by atoms with Crippen molar-refractivity contribution in [1.29, 1.82) is 0 Å². The molecule has 0 radical (unpaired) electrons. The number of ether oxygens (including phenoxy) is 2. The van der Waals surface area contributed by atoms with Crippen LogP contribution in [-0.4, -0.2) is 56.0 Å². The molecule has 0 aliphatic carbocycles. The van der Waals surface area contributed by atoms with Gasteiger partial charge in [0.2, 0.25) is 0 Å². The first-order valence-corrected chi connectivity index (χ1v) is 5.56. The van der Waals surface area contributed by atoms with E-state index in [1.54, 1.807) is 0 Å². The first-order valence-electron chi connectivity index (χ1n) is 5.56. The van der Waals surface area contributed by atoms with Crippen LogP contribution in [0.1, 0.15) is 6.92 Å². The Kier molecular flexibility index (Phi) is 10.3. The van der Waals surface area contributed by atoms with Crippen molar-refractivity contribution < 1.29 is 19.4 Å². The summed E-state index contributed by atoms with van der Waals surface area (Å²) in [6.45, 7) is 5.46. The molecule has 1 aliphatic rings. The monoisotopic (exact) mass is 243 g/mol. The van der Waals surface area contributed by atoms with Crippen LogP contribution in [0.5, 0.6) is 0 Å². The lowest BCUT2D eigenvalue weighted by molar-refractivity contribution is -0.141. The van der Waals surface area contributed by atoms with E-state index in [0.29, 0.717) is 0 Å². The van der Waals surface area contributed by atoms with Crippen molar-refractivity contribution in [2.75, 3.05) is 40.0 Å². The normalized spacial score (nSPS) is 13.2. The molecule has 0 aromatic heterocycles. The van der Waals surface area contributed by atoms with E-state index in [1.807, 2.05) is 6.92 Å². The van der Waals surface area contributed by atoms with Crippen molar-refractivity contribution in [3.8, 4) is 0 Å². The minimum Gasteiger partial charge on any atom is -0.480 e. The predicted octanol–water partition coefficient (Wildman–Crippen LogP) is 1.13. The fourth-order valence-electron chi connectivity index (χ4n) is 1.12. The number of carbonyl (C=O) groups is 1. The molecule has 0 saturated heterocycles. The van der Waals surface area contributed by atoms with E-state index in [-0.39, 0.29) is 6.61 Å². The molecule has 0 atom stereocenters. The number of rotatable bonds is 6. The maximum absolute atomic E-state index is 9.47. The predicted molar refractivity (Wildman–Crippen MR) is 65.9 cm³/mol. The molecule has 1 aliphatic heterocycles. The number of allylic oxidation sites excluding steroid dienone is 2. The Hall–Kier alpha value is -1.33. The van der Waals surface area contributed by atoms with Gasteiger partial charge in [-0.25, -0.2) is 4.79 Å². The average molecular weight is 243 g/mol. The molecule has 0 aromatic rings. The van der Waals surface area contributed by atoms with Gasteiger partial charge < -0.3 is 19.5 Å². The van der Waals surface area contributed by atoms with Gasteiger partial charge in [-0.1, -0.05) is 12.2 Å². The topological polar surface area (TPSA) is 59.0 Å². The first-order chi connectivity index (χ1) is 8.20. The number of methoxy groups -OCH3 is 1. The van der Waals surface area contributed by atoms with E-state index < -0.39 is 5.97 Å². The molecule has 5 nitrogen and oxygen atoms in total. The zero-order valence-corrected chi connectivity index (χ0v) is 10.5. The van der Waals surface area contributed by atoms with Gasteiger partial charge in [0.25, 0.3) is 0 Å². The lowest BCUT2D eigenvalue weighted by atomic mass is 10.3. The summed E-state index contributed by atoms with van der Waals surface area (Å²) >= 11 is 0. The third-order valence-electron chi connectivity index (χ3n) is 1.88. The third kappa shape index (κ3) is 10.9. The lowest BCUT2D eigenvalue weighted by Gasteiger charge is -2.19. The smallest absolute Gasteiger partial charge is 0.329 e. The second-order valence-electron chi connectivity index (χ2n) is 3.29. The van der Waals surface area contributed by atoms with E-state index in [4.69, 9.17) is 9.84 Å². The lowest BCUT2D eigenvalue weighted by Crippen LogP contribution is -2.23. The number of nitrogens with zero attached hydrogens (tertiary/aromatic N) is 1. The van der Waals surface area contributed by atoms with E-state index in [2.05, 4.69) is 34.1 Å². The van der Waals surface area contributed by atoms with Crippen molar-refractivity contribution in [2.24, 2.45) is 0 Å². The minimum absolute atomic E-state index is 0.208. The van der Waals surface area contributed by atoms with Crippen molar-refractivity contribution in [1.82, 2.24) is 4.90 Å². The van der Waals surface area contributed by atoms with Crippen LogP contribution in [0.15, 0.2) is 24.4 Å². The van der Waals surface area contributed by atoms with Crippen molar-refractivity contribution in [3.05, 3.63) is 24.4 Å². The van der Waals surface area contributed by atoms with Gasteiger partial charge in [-0.05, 0) is 19.2 Å². The van der Waals surface area contributed by atoms with Crippen LogP contribution in [0.3, 0.4) is 0 Å². The van der Waals surface area contributed by atoms with Gasteiger partial charge in [-0.15, -0.1) is 0 Å². The second kappa shape index (κ2) is 11.2. The number of hydrogen-bond acceptors (Lipinski definition) is 4. The fourth-order valence-corrected chi connectivity index (χ4v) is 1.12. The quantitative estimate of drug-likeness (QED) is 0.709. The summed E-state index contributed by atoms with van der Waals surface area (Å²) in [5.74, 6) is -0.933. The van der Waals surface area contributed by atoms with Gasteiger partial charge in [0.05, 0.1) is 6.61 Å². The number of hydrogen-bond donors (Lipinski definition) is 1. The van der Waals surface area contributed by atoms with Gasteiger partial charge in [0.1, 0.15) is 6.61 Å². The largest absolute Gasteiger partial charge is 0.480 e. The highest BCUT2D eigenvalue weighted by molar-refractivity contribution is 5.67. The van der Waals surface area contributed by atoms with Gasteiger partial charge in [-0.2, -0.15) is 0 Å². The summed E-state index contributed by atoms with van der Waals surface area (Å²) in [6.07, 6.45) is 8.36. The van der Waals surface area contributed by atoms with Crippen LogP contribution >= 0.6 is 0 Å². The van der Waals surface area contributed by atoms with Crippen molar-refractivity contribution in [2.45, 2.75) is 6.92 Å². The van der Waals surface area contributed by atoms with E-state index >= 15 is 0 Å². The fraction of sp³-hybridized carbons (Fsp3) is 0.583. The summed E-state index contributed by atoms with van der Waals surface area (Å²) in [4.78, 5) is 11.7. The van der Waals surface area contributed by atoms with E-state index in [9.17, 15) is 4.79 Å². The van der Waals surface area contributed by atoms with Gasteiger partial charge in [0.15, 0.2) is 0 Å². The summed E-state index contributed by atoms with van der Waals surface area (Å²) in [6, 6.07) is 0. The zero-order chi connectivity index (χ0) is 12.9. The molecular formula is C12H21NO4. The molecule has 17 heavy (non-hydrogen) atoms. The summed E-state index contributed by atoms with van der Waals surface area (Å²) in [7, 11) is 1.34. The standard InChI is InChI=1S/C9H15NO.C3H6O3/c1-2-11-9-8-10-6-4-3-5-7-10;1-6-2-3(4)5/h3-6H,2,7-9H2,1H3;2H2,1H3,(H,4,5). The molecule has 98 valence electrons. The van der Waals surface area contributed by atoms with E-state index in [0.717, 1.165) is 26.3 Å². The zero-order valence-electron chi connectivity index (χ0n) is 10.5. The molecule has 0 amide bonds. The molecule has 0 bridgehead atoms. The van der Waals surface area contributed by atoms with Gasteiger partial charge >= 0.3 is 5.97 Å². The molecule has 0 unspecified atom stereocenters. The Morgan fingerprint density at radius 1 is 1.47 bits per heavy atom. The van der Waals surface area contributed by atoms with Crippen LogP contribution in [0.2, 0.25) is 0 Å². The molecule has 0 saturated carbocycles. The highest BCUT2D eigenvalue weighted by Crippen LogP contribution is 1.97. The molecule has 0 aromatic carbocycles. The second-order valence-corrected chi connectivity index (χ2v) is 3.29. The molecule has 5 heteroatoms. The molecule has 1 N–H and O–H groups in total. The number of carboxylic acids is 1. The Morgan fingerprint density at radius 2 is 2.24 bits per heavy atom. The Balaban J connectivity index is 0.000000366. The Morgan fingerprint density at radius 3 is 2.65 bits per heavy atom. The molecule has 0 spiro atoms. The SMILES string of the molecule is CCOCCN1C=CC=CC1.COCC(=O)O. The van der Waals surface area contributed by atoms with Crippen LogP contribution in [0, 0.1) is 0 Å². The van der Waals surface area contributed by atoms with Crippen molar-refractivity contribution >= 4 is 5.97 Å². The highest BCUT2D eigenvalue weighted by atomic mass is 16.5. The Labute approximate surface area is 102 Å². The molecule has 1 heterocycles. The molecular weight excluding hydrogens is 222 g/mol. The third-order valence-corrected chi connectivity index (χ3v) is 1.88. The number of aliphatic carboxylic acids is 1. The first kappa shape index (κ1) is 15.7. The summed E-state index contributed by atoms with van der Waals surface area (Å²) < 4.78 is 9.44. The maximum Gasteiger partial charge on any atom is 0.329 e. The maximum atomic E-state index is 9.47. The van der Waals surface area contributed by atoms with Crippen LogP contribution in [0.25, 0.3) is 0 Å². The Bertz CT molecular complexity index is 251. The van der Waals surface area contributed by atoms with Gasteiger partial charge in [0, 0.05) is 26.8 Å². The molecule has 1 rings (SSSR count). The van der Waals surface area contributed by atoms with Crippen LogP contribution < -0.4 is 0 Å². The van der Waals surface area contributed by atoms with E-state index in [1.165, 1.54) is 7.11 Å². The molecule has 0 fully saturated rings. The average Bonchev–Trinajstić information content (AvgIpc) is 2.31. The van der Waals surface area contributed by atoms with Crippen LogP contribution in [0.4, 0.5) is 0 Å². The van der Waals surface area contributed by atoms with Crippen LogP contribution in [-0.2, 0) is 14.3 Å². The van der Waals surface area contributed by atoms with Crippen molar-refractivity contribution in [3.63, 3.8) is 0 Å². The summed E-state index contributed by atoms with van der Waals surface area (Å²) in [5, 5.41) is 7.79. The summed E-state index contributed by atoms with van der Waals surface area (Å²) in [5.41, 5.74) is 0. The minimum atomic E-state index is -0.933.